The second-order valence-electron chi connectivity index (χ2n) is 6.07. The topological polar surface area (TPSA) is 49.4 Å². The maximum absolute atomic E-state index is 12.7. The minimum atomic E-state index is -0.696. The highest BCUT2D eigenvalue weighted by molar-refractivity contribution is 6.37. The number of halogens is 2. The van der Waals surface area contributed by atoms with E-state index in [9.17, 15) is 9.59 Å². The van der Waals surface area contributed by atoms with Gasteiger partial charge in [-0.3, -0.25) is 9.59 Å². The SMILES string of the molecule is CC(NC(=O)C1CCN(c2ccc(Cl)cc2Cl)C1=O)c1ccccc1. The number of hydrogen-bond acceptors (Lipinski definition) is 2. The highest BCUT2D eigenvalue weighted by atomic mass is 35.5. The number of carbonyl (C=O) groups excluding carboxylic acids is 2. The van der Waals surface area contributed by atoms with E-state index in [1.165, 1.54) is 0 Å². The fourth-order valence-corrected chi connectivity index (χ4v) is 3.51. The predicted molar refractivity (Wildman–Crippen MR) is 99.9 cm³/mol. The van der Waals surface area contributed by atoms with Crippen molar-refractivity contribution in [1.82, 2.24) is 5.32 Å². The molecule has 25 heavy (non-hydrogen) atoms. The summed E-state index contributed by atoms with van der Waals surface area (Å²) < 4.78 is 0. The monoisotopic (exact) mass is 376 g/mol. The highest BCUT2D eigenvalue weighted by Gasteiger charge is 2.38. The molecule has 2 aromatic carbocycles. The average Bonchev–Trinajstić information content (AvgIpc) is 2.97. The first-order valence-corrected chi connectivity index (χ1v) is 8.84. The molecule has 130 valence electrons. The first kappa shape index (κ1) is 17.8. The molecule has 2 unspecified atom stereocenters. The van der Waals surface area contributed by atoms with Crippen LogP contribution in [0.2, 0.25) is 10.0 Å². The number of nitrogens with one attached hydrogen (secondary N) is 1. The number of carbonyl (C=O) groups is 2. The lowest BCUT2D eigenvalue weighted by Gasteiger charge is -2.19. The van der Waals surface area contributed by atoms with Crippen molar-refractivity contribution in [3.8, 4) is 0 Å². The van der Waals surface area contributed by atoms with Gasteiger partial charge in [-0.15, -0.1) is 0 Å². The number of anilines is 1. The first-order valence-electron chi connectivity index (χ1n) is 8.09. The minimum absolute atomic E-state index is 0.158. The molecule has 1 heterocycles. The second-order valence-corrected chi connectivity index (χ2v) is 6.91. The summed E-state index contributed by atoms with van der Waals surface area (Å²) in [6.07, 6.45) is 0.463. The Morgan fingerprint density at radius 1 is 1.20 bits per heavy atom. The van der Waals surface area contributed by atoms with E-state index in [2.05, 4.69) is 5.32 Å². The van der Waals surface area contributed by atoms with Crippen LogP contribution < -0.4 is 10.2 Å². The van der Waals surface area contributed by atoms with Gasteiger partial charge in [0.05, 0.1) is 16.8 Å². The summed E-state index contributed by atoms with van der Waals surface area (Å²) in [5.41, 5.74) is 1.58. The minimum Gasteiger partial charge on any atom is -0.349 e. The Hall–Kier alpha value is -2.04. The molecular formula is C19H18Cl2N2O2. The molecule has 0 spiro atoms. The van der Waals surface area contributed by atoms with Crippen molar-refractivity contribution in [2.24, 2.45) is 5.92 Å². The van der Waals surface area contributed by atoms with Gasteiger partial charge in [-0.05, 0) is 37.1 Å². The van der Waals surface area contributed by atoms with E-state index in [0.29, 0.717) is 28.7 Å². The zero-order valence-electron chi connectivity index (χ0n) is 13.7. The van der Waals surface area contributed by atoms with Crippen LogP contribution in [0, 0.1) is 5.92 Å². The molecule has 0 aliphatic carbocycles. The van der Waals surface area contributed by atoms with Gasteiger partial charge in [0.25, 0.3) is 0 Å². The van der Waals surface area contributed by atoms with Crippen molar-refractivity contribution in [1.29, 1.82) is 0 Å². The fraction of sp³-hybridized carbons (Fsp3) is 0.263. The summed E-state index contributed by atoms with van der Waals surface area (Å²) in [5, 5.41) is 3.83. The van der Waals surface area contributed by atoms with Crippen LogP contribution in [0.15, 0.2) is 48.5 Å². The molecule has 1 saturated heterocycles. The van der Waals surface area contributed by atoms with Crippen molar-refractivity contribution in [2.75, 3.05) is 11.4 Å². The van der Waals surface area contributed by atoms with Crippen molar-refractivity contribution >= 4 is 40.7 Å². The normalized spacial score (nSPS) is 18.3. The molecule has 2 amide bonds. The van der Waals surface area contributed by atoms with Crippen LogP contribution in [0.1, 0.15) is 24.9 Å². The Labute approximate surface area is 156 Å². The van der Waals surface area contributed by atoms with Gasteiger partial charge in [0.1, 0.15) is 5.92 Å². The third kappa shape index (κ3) is 3.80. The van der Waals surface area contributed by atoms with Gasteiger partial charge in [-0.1, -0.05) is 53.5 Å². The second kappa shape index (κ2) is 7.46. The quantitative estimate of drug-likeness (QED) is 0.811. The van der Waals surface area contributed by atoms with Crippen LogP contribution in [0.4, 0.5) is 5.69 Å². The van der Waals surface area contributed by atoms with Crippen molar-refractivity contribution in [3.63, 3.8) is 0 Å². The number of rotatable bonds is 4. The summed E-state index contributed by atoms with van der Waals surface area (Å²) in [4.78, 5) is 26.8. The van der Waals surface area contributed by atoms with Crippen LogP contribution in [0.5, 0.6) is 0 Å². The van der Waals surface area contributed by atoms with E-state index in [0.717, 1.165) is 5.56 Å². The predicted octanol–water partition coefficient (Wildman–Crippen LogP) is 4.22. The first-order chi connectivity index (χ1) is 12.0. The number of hydrogen-bond donors (Lipinski definition) is 1. The Morgan fingerprint density at radius 2 is 1.92 bits per heavy atom. The van der Waals surface area contributed by atoms with E-state index >= 15 is 0 Å². The molecule has 3 rings (SSSR count). The summed E-state index contributed by atoms with van der Waals surface area (Å²) >= 11 is 12.1. The van der Waals surface area contributed by atoms with Crippen molar-refractivity contribution in [3.05, 3.63) is 64.1 Å². The van der Waals surface area contributed by atoms with E-state index in [1.54, 1.807) is 23.1 Å². The maximum Gasteiger partial charge on any atom is 0.239 e. The van der Waals surface area contributed by atoms with Gasteiger partial charge in [-0.25, -0.2) is 0 Å². The van der Waals surface area contributed by atoms with Crippen LogP contribution in [0.25, 0.3) is 0 Å². The van der Waals surface area contributed by atoms with Crippen LogP contribution in [-0.2, 0) is 9.59 Å². The van der Waals surface area contributed by atoms with Gasteiger partial charge in [0.15, 0.2) is 0 Å². The van der Waals surface area contributed by atoms with E-state index < -0.39 is 5.92 Å². The van der Waals surface area contributed by atoms with E-state index in [4.69, 9.17) is 23.2 Å². The molecule has 1 N–H and O–H groups in total. The summed E-state index contributed by atoms with van der Waals surface area (Å²) in [5.74, 6) is -1.19. The molecule has 0 aromatic heterocycles. The summed E-state index contributed by atoms with van der Waals surface area (Å²) in [6.45, 7) is 2.36. The number of benzene rings is 2. The van der Waals surface area contributed by atoms with Crippen molar-refractivity contribution < 1.29 is 9.59 Å². The highest BCUT2D eigenvalue weighted by Crippen LogP contribution is 2.33. The molecule has 4 nitrogen and oxygen atoms in total. The molecule has 6 heteroatoms. The molecule has 2 atom stereocenters. The molecule has 0 radical (unpaired) electrons. The van der Waals surface area contributed by atoms with Crippen LogP contribution in [0.3, 0.4) is 0 Å². The Kier molecular flexibility index (Phi) is 5.30. The van der Waals surface area contributed by atoms with Gasteiger partial charge < -0.3 is 10.2 Å². The van der Waals surface area contributed by atoms with Crippen LogP contribution >= 0.6 is 23.2 Å². The summed E-state index contributed by atoms with van der Waals surface area (Å²) in [7, 11) is 0. The lowest BCUT2D eigenvalue weighted by atomic mass is 10.0. The Morgan fingerprint density at radius 3 is 2.60 bits per heavy atom. The smallest absolute Gasteiger partial charge is 0.239 e. The van der Waals surface area contributed by atoms with Gasteiger partial charge in [-0.2, -0.15) is 0 Å². The molecule has 1 fully saturated rings. The Balaban J connectivity index is 1.70. The zero-order chi connectivity index (χ0) is 18.0. The lowest BCUT2D eigenvalue weighted by Crippen LogP contribution is -2.38. The average molecular weight is 377 g/mol. The van der Waals surface area contributed by atoms with Crippen molar-refractivity contribution in [2.45, 2.75) is 19.4 Å². The van der Waals surface area contributed by atoms with E-state index in [-0.39, 0.29) is 17.9 Å². The third-order valence-electron chi connectivity index (χ3n) is 4.38. The molecule has 0 saturated carbocycles. The Bertz CT molecular complexity index is 795. The van der Waals surface area contributed by atoms with E-state index in [1.807, 2.05) is 37.3 Å². The van der Waals surface area contributed by atoms with Crippen LogP contribution in [-0.4, -0.2) is 18.4 Å². The molecule has 1 aliphatic heterocycles. The largest absolute Gasteiger partial charge is 0.349 e. The maximum atomic E-state index is 12.7. The molecule has 1 aliphatic rings. The number of amides is 2. The van der Waals surface area contributed by atoms with Gasteiger partial charge >= 0.3 is 0 Å². The fourth-order valence-electron chi connectivity index (χ4n) is 3.00. The molecule has 0 bridgehead atoms. The molecular weight excluding hydrogens is 359 g/mol. The zero-order valence-corrected chi connectivity index (χ0v) is 15.2. The lowest BCUT2D eigenvalue weighted by molar-refractivity contribution is -0.132. The van der Waals surface area contributed by atoms with Gasteiger partial charge in [0, 0.05) is 11.6 Å². The third-order valence-corrected chi connectivity index (χ3v) is 4.92. The molecule has 2 aromatic rings. The van der Waals surface area contributed by atoms with Gasteiger partial charge in [0.2, 0.25) is 11.8 Å². The standard InChI is InChI=1S/C19H18Cl2N2O2/c1-12(13-5-3-2-4-6-13)22-18(24)15-9-10-23(19(15)25)17-8-7-14(20)11-16(17)21/h2-8,11-12,15H,9-10H2,1H3,(H,22,24). The summed E-state index contributed by atoms with van der Waals surface area (Å²) in [6, 6.07) is 14.5. The number of nitrogens with zero attached hydrogens (tertiary/aromatic N) is 1.